The Kier molecular flexibility index (Phi) is 7.35. The first-order chi connectivity index (χ1) is 18.6. The summed E-state index contributed by atoms with van der Waals surface area (Å²) in [5.74, 6) is 0.0430. The molecule has 13 heteroatoms. The van der Waals surface area contributed by atoms with Crippen LogP contribution in [0.25, 0.3) is 17.1 Å². The van der Waals surface area contributed by atoms with Crippen LogP contribution in [0, 0.1) is 0 Å². The van der Waals surface area contributed by atoms with Gasteiger partial charge >= 0.3 is 0 Å². The van der Waals surface area contributed by atoms with E-state index in [0.29, 0.717) is 33.4 Å². The lowest BCUT2D eigenvalue weighted by molar-refractivity contribution is -0.116. The van der Waals surface area contributed by atoms with Gasteiger partial charge in [-0.2, -0.15) is 4.98 Å². The molecule has 5 rings (SSSR count). The van der Waals surface area contributed by atoms with Gasteiger partial charge in [0.25, 0.3) is 5.56 Å². The molecule has 2 aliphatic heterocycles. The van der Waals surface area contributed by atoms with E-state index in [4.69, 9.17) is 34.8 Å². The summed E-state index contributed by atoms with van der Waals surface area (Å²) in [7, 11) is 0. The molecule has 200 valence electrons. The molecule has 3 heterocycles. The van der Waals surface area contributed by atoms with Crippen LogP contribution in [0.2, 0.25) is 15.1 Å². The molecule has 0 atom stereocenters. The topological polar surface area (TPSA) is 131 Å². The number of nitrogens with zero attached hydrogens (tertiary/aromatic N) is 5. The molecular weight excluding hydrogens is 565 g/mol. The normalized spacial score (nSPS) is 11.4. The molecule has 39 heavy (non-hydrogen) atoms. The third kappa shape index (κ3) is 5.49. The zero-order chi connectivity index (χ0) is 27.8. The fourth-order valence-corrected chi connectivity index (χ4v) is 5.20. The number of aromatic hydroxyl groups is 1. The minimum absolute atomic E-state index is 0.0470. The van der Waals surface area contributed by atoms with Crippen molar-refractivity contribution in [2.75, 3.05) is 5.32 Å². The Bertz CT molecular complexity index is 1690. The first-order valence-electron chi connectivity index (χ1n) is 11.8. The van der Waals surface area contributed by atoms with E-state index in [2.05, 4.69) is 25.4 Å². The molecule has 0 saturated heterocycles. The predicted octanol–water partition coefficient (Wildman–Crippen LogP) is 5.28. The summed E-state index contributed by atoms with van der Waals surface area (Å²) in [6.07, 6.45) is 4.91. The maximum Gasteiger partial charge on any atom is 0.284 e. The molecule has 3 N–H and O–H groups in total. The van der Waals surface area contributed by atoms with Crippen LogP contribution in [0.15, 0.2) is 53.8 Å². The van der Waals surface area contributed by atoms with Gasteiger partial charge in [-0.05, 0) is 35.7 Å². The lowest BCUT2D eigenvalue weighted by Gasteiger charge is -2.12. The van der Waals surface area contributed by atoms with Crippen molar-refractivity contribution in [2.24, 2.45) is 0 Å². The second-order valence-electron chi connectivity index (χ2n) is 9.19. The molecule has 0 spiro atoms. The summed E-state index contributed by atoms with van der Waals surface area (Å²) in [4.78, 5) is 38.2. The highest BCUT2D eigenvalue weighted by molar-refractivity contribution is 6.40. The minimum atomic E-state index is -0.456. The van der Waals surface area contributed by atoms with Crippen LogP contribution >= 0.6 is 34.8 Å². The standard InChI is InChI=1S/C26H22Cl3N7O3/c1-13(2)23-22-25(36(34-23)24-16(28)9-15(27)10-17(24)29)32-20(33-26(22)39)8-14-3-4-18(19(37)7-14)31-21(38)11-35-6-5-30-12-35/h3-7,9-10,12-13,34,37H,8,11H2,1-2H3,(H,31,38). The second kappa shape index (κ2) is 10.7. The number of H-pyrrole nitrogens is 1. The average Bonchev–Trinajstić information content (AvgIpc) is 3.49. The van der Waals surface area contributed by atoms with Crippen LogP contribution in [-0.4, -0.2) is 40.3 Å². The van der Waals surface area contributed by atoms with E-state index in [1.165, 1.54) is 12.4 Å². The van der Waals surface area contributed by atoms with E-state index in [1.54, 1.807) is 45.9 Å². The molecule has 1 aromatic heterocycles. The summed E-state index contributed by atoms with van der Waals surface area (Å²) in [6.45, 7) is 3.93. The van der Waals surface area contributed by atoms with Crippen LogP contribution in [0.5, 0.6) is 5.75 Å². The van der Waals surface area contributed by atoms with Gasteiger partial charge in [0.1, 0.15) is 29.4 Å². The van der Waals surface area contributed by atoms with Crippen molar-refractivity contribution in [1.82, 2.24) is 29.3 Å². The Morgan fingerprint density at radius 1 is 1.13 bits per heavy atom. The van der Waals surface area contributed by atoms with Crippen LogP contribution in [-0.2, 0) is 17.8 Å². The van der Waals surface area contributed by atoms with Gasteiger partial charge in [0.05, 0.1) is 27.8 Å². The number of aromatic nitrogens is 6. The monoisotopic (exact) mass is 585 g/mol. The molecule has 2 aromatic carbocycles. The maximum atomic E-state index is 13.2. The van der Waals surface area contributed by atoms with Gasteiger partial charge in [-0.25, -0.2) is 14.6 Å². The number of carbonyl (C=O) groups is 1. The number of nitrogens with one attached hydrogen (secondary N) is 2. The number of fused-ring (bicyclic) bond motifs is 1. The quantitative estimate of drug-likeness (QED) is 0.223. The fraction of sp³-hybridized carbons (Fsp3) is 0.192. The van der Waals surface area contributed by atoms with Gasteiger partial charge in [-0.1, -0.05) is 54.7 Å². The highest BCUT2D eigenvalue weighted by Gasteiger charge is 2.27. The Morgan fingerprint density at radius 3 is 2.51 bits per heavy atom. The Balaban J connectivity index is 1.48. The molecule has 0 bridgehead atoms. The largest absolute Gasteiger partial charge is 0.506 e. The lowest BCUT2D eigenvalue weighted by Crippen LogP contribution is -2.18. The highest BCUT2D eigenvalue weighted by atomic mass is 35.5. The van der Waals surface area contributed by atoms with Crippen molar-refractivity contribution >= 4 is 46.4 Å². The van der Waals surface area contributed by atoms with Crippen LogP contribution < -0.4 is 10.9 Å². The summed E-state index contributed by atoms with van der Waals surface area (Å²) in [6, 6.07) is 7.88. The molecule has 1 amide bonds. The number of hydrogen-bond acceptors (Lipinski definition) is 6. The van der Waals surface area contributed by atoms with Crippen LogP contribution in [0.1, 0.15) is 36.8 Å². The number of amides is 1. The van der Waals surface area contributed by atoms with Crippen molar-refractivity contribution in [1.29, 1.82) is 0 Å². The molecule has 0 radical (unpaired) electrons. The average molecular weight is 587 g/mol. The first-order valence-corrected chi connectivity index (χ1v) is 13.0. The summed E-state index contributed by atoms with van der Waals surface area (Å²) >= 11 is 19.1. The van der Waals surface area contributed by atoms with Gasteiger partial charge in [-0.3, -0.25) is 14.7 Å². The lowest BCUT2D eigenvalue weighted by atomic mass is 10.1. The maximum absolute atomic E-state index is 13.2. The van der Waals surface area contributed by atoms with Crippen molar-refractivity contribution in [2.45, 2.75) is 32.7 Å². The van der Waals surface area contributed by atoms with Gasteiger partial charge in [0.15, 0.2) is 5.82 Å². The summed E-state index contributed by atoms with van der Waals surface area (Å²) < 4.78 is 3.17. The number of rotatable bonds is 7. The number of benzene rings is 2. The molecule has 3 aromatic rings. The zero-order valence-corrected chi connectivity index (χ0v) is 23.0. The number of phenols is 1. The van der Waals surface area contributed by atoms with E-state index in [0.717, 1.165) is 0 Å². The van der Waals surface area contributed by atoms with Crippen molar-refractivity contribution in [3.8, 4) is 22.8 Å². The number of hydrogen-bond donors (Lipinski definition) is 3. The molecule has 0 saturated carbocycles. The molecule has 10 nitrogen and oxygen atoms in total. The van der Waals surface area contributed by atoms with E-state index in [9.17, 15) is 14.7 Å². The molecular formula is C26H22Cl3N7O3. The van der Waals surface area contributed by atoms with E-state index in [-0.39, 0.29) is 52.1 Å². The smallest absolute Gasteiger partial charge is 0.284 e. The zero-order valence-electron chi connectivity index (χ0n) is 20.7. The van der Waals surface area contributed by atoms with E-state index < -0.39 is 5.56 Å². The SMILES string of the molecule is CC(C)c1[nH]n(-c2c(Cl)cc(Cl)cc2Cl)c2nc(Cc3ccc(NC(=O)Cn4ccnc4)c(O)c3)nc(=O)c1-2. The van der Waals surface area contributed by atoms with Gasteiger partial charge in [0, 0.05) is 23.8 Å². The number of aromatic amines is 1. The third-order valence-electron chi connectivity index (χ3n) is 5.98. The van der Waals surface area contributed by atoms with Crippen molar-refractivity contribution < 1.29 is 9.90 Å². The minimum Gasteiger partial charge on any atom is -0.506 e. The van der Waals surface area contributed by atoms with Crippen molar-refractivity contribution in [3.05, 3.63) is 91.6 Å². The van der Waals surface area contributed by atoms with Crippen LogP contribution in [0.3, 0.4) is 0 Å². The van der Waals surface area contributed by atoms with E-state index >= 15 is 0 Å². The Hall–Kier alpha value is -3.86. The third-order valence-corrected chi connectivity index (χ3v) is 6.78. The molecule has 0 unspecified atom stereocenters. The van der Waals surface area contributed by atoms with E-state index in [1.807, 2.05) is 13.8 Å². The predicted molar refractivity (Wildman–Crippen MR) is 149 cm³/mol. The number of imidazole rings is 1. The first kappa shape index (κ1) is 26.7. The number of halogens is 3. The van der Waals surface area contributed by atoms with Crippen molar-refractivity contribution in [3.63, 3.8) is 0 Å². The van der Waals surface area contributed by atoms with Crippen LogP contribution in [0.4, 0.5) is 5.69 Å². The molecule has 0 fully saturated rings. The van der Waals surface area contributed by atoms with Gasteiger partial charge in [0.2, 0.25) is 5.91 Å². The Morgan fingerprint density at radius 2 is 1.87 bits per heavy atom. The number of carbonyl (C=O) groups excluding carboxylic acids is 1. The van der Waals surface area contributed by atoms with Gasteiger partial charge < -0.3 is 15.0 Å². The molecule has 2 aliphatic rings. The Labute approximate surface area is 237 Å². The second-order valence-corrected chi connectivity index (χ2v) is 10.4. The van der Waals surface area contributed by atoms with Gasteiger partial charge in [-0.15, -0.1) is 0 Å². The molecule has 0 aliphatic carbocycles. The number of anilines is 1. The fourth-order valence-electron chi connectivity index (χ4n) is 4.22. The summed E-state index contributed by atoms with van der Waals surface area (Å²) in [5.41, 5.74) is 1.79. The summed E-state index contributed by atoms with van der Waals surface area (Å²) in [5, 5.41) is 17.3. The highest BCUT2D eigenvalue weighted by Crippen LogP contribution is 2.36. The number of phenolic OH excluding ortho intramolecular Hbond substituents is 1.